The van der Waals surface area contributed by atoms with E-state index in [-0.39, 0.29) is 12.2 Å². The molecule has 1 amide bonds. The maximum Gasteiger partial charge on any atom is 0.214 e. The van der Waals surface area contributed by atoms with Gasteiger partial charge in [0.2, 0.25) is 5.91 Å². The van der Waals surface area contributed by atoms with E-state index in [1.54, 1.807) is 0 Å². The Morgan fingerprint density at radius 1 is 1.43 bits per heavy atom. The molecule has 0 aromatic rings. The molecule has 0 heterocycles. The van der Waals surface area contributed by atoms with Crippen LogP contribution in [0.4, 0.5) is 0 Å². The summed E-state index contributed by atoms with van der Waals surface area (Å²) >= 11 is 0. The highest BCUT2D eigenvalue weighted by molar-refractivity contribution is 6.19. The van der Waals surface area contributed by atoms with E-state index in [1.807, 2.05) is 11.8 Å². The summed E-state index contributed by atoms with van der Waals surface area (Å²) in [6.45, 7) is 5.08. The fourth-order valence-electron chi connectivity index (χ4n) is 2.47. The maximum absolute atomic E-state index is 11.6. The predicted molar refractivity (Wildman–Crippen MR) is 59.4 cm³/mol. The Hall–Kier alpha value is -0.465. The molecule has 1 aliphatic rings. The second kappa shape index (κ2) is 5.42. The largest absolute Gasteiger partial charge is 0.340 e. The Morgan fingerprint density at radius 3 is 2.57 bits per heavy atom. The summed E-state index contributed by atoms with van der Waals surface area (Å²) in [4.78, 5) is 13.6. The van der Waals surface area contributed by atoms with E-state index in [1.165, 1.54) is 19.3 Å². The molecule has 2 unspecified atom stereocenters. The monoisotopic (exact) mass is 193 g/mol. The van der Waals surface area contributed by atoms with Crippen LogP contribution in [0.25, 0.3) is 0 Å². The Balaban J connectivity index is 2.61. The molecule has 0 N–H and O–H groups in total. The van der Waals surface area contributed by atoms with Crippen LogP contribution in [0.15, 0.2) is 0 Å². The first-order valence-corrected chi connectivity index (χ1v) is 5.70. The summed E-state index contributed by atoms with van der Waals surface area (Å²) in [6, 6.07) is 0.435. The van der Waals surface area contributed by atoms with E-state index in [0.717, 1.165) is 13.0 Å². The predicted octanol–water partition coefficient (Wildman–Crippen LogP) is 2.00. The average molecular weight is 193 g/mol. The zero-order valence-corrected chi connectivity index (χ0v) is 9.33. The van der Waals surface area contributed by atoms with Crippen LogP contribution in [-0.2, 0) is 4.79 Å². The third kappa shape index (κ3) is 2.52. The lowest BCUT2D eigenvalue weighted by Crippen LogP contribution is -2.44. The molecule has 14 heavy (non-hydrogen) atoms. The fourth-order valence-corrected chi connectivity index (χ4v) is 2.47. The molecule has 0 aromatic carbocycles. The van der Waals surface area contributed by atoms with Crippen molar-refractivity contribution in [1.29, 1.82) is 0 Å². The van der Waals surface area contributed by atoms with Crippen molar-refractivity contribution in [1.82, 2.24) is 4.90 Å². The van der Waals surface area contributed by atoms with Crippen molar-refractivity contribution < 1.29 is 4.79 Å². The molecule has 3 heteroatoms. The number of amides is 1. The Morgan fingerprint density at radius 2 is 2.07 bits per heavy atom. The molecule has 0 aromatic heterocycles. The third-order valence-electron chi connectivity index (χ3n) is 3.30. The highest BCUT2D eigenvalue weighted by atomic mass is 16.2. The van der Waals surface area contributed by atoms with E-state index >= 15 is 0 Å². The number of rotatable bonds is 3. The summed E-state index contributed by atoms with van der Waals surface area (Å²) in [5, 5.41) is 0. The normalized spacial score (nSPS) is 27.3. The van der Waals surface area contributed by atoms with Crippen molar-refractivity contribution in [2.45, 2.75) is 51.9 Å². The van der Waals surface area contributed by atoms with Crippen LogP contribution >= 0.6 is 0 Å². The van der Waals surface area contributed by atoms with Crippen molar-refractivity contribution >= 4 is 13.8 Å². The Bertz CT molecular complexity index is 196. The van der Waals surface area contributed by atoms with Gasteiger partial charge in [-0.05, 0) is 32.0 Å². The van der Waals surface area contributed by atoms with Gasteiger partial charge in [0.15, 0.2) is 0 Å². The van der Waals surface area contributed by atoms with E-state index in [0.29, 0.717) is 12.0 Å². The average Bonchev–Trinajstić information content (AvgIpc) is 2.21. The topological polar surface area (TPSA) is 20.3 Å². The van der Waals surface area contributed by atoms with Gasteiger partial charge in [-0.3, -0.25) is 4.79 Å². The second-order valence-corrected chi connectivity index (χ2v) is 4.21. The van der Waals surface area contributed by atoms with Gasteiger partial charge in [-0.15, -0.1) is 0 Å². The molecule has 1 aliphatic carbocycles. The van der Waals surface area contributed by atoms with Gasteiger partial charge in [0.05, 0.1) is 7.85 Å². The highest BCUT2D eigenvalue weighted by Crippen LogP contribution is 2.28. The van der Waals surface area contributed by atoms with E-state index in [2.05, 4.69) is 6.92 Å². The number of nitrogens with zero attached hydrogens (tertiary/aromatic N) is 1. The zero-order chi connectivity index (χ0) is 10.6. The maximum atomic E-state index is 11.6. The molecule has 2 atom stereocenters. The first kappa shape index (κ1) is 11.6. The summed E-state index contributed by atoms with van der Waals surface area (Å²) in [5.74, 6) is 0.741. The van der Waals surface area contributed by atoms with Crippen LogP contribution in [0.2, 0.25) is 6.32 Å². The number of hydrogen-bond acceptors (Lipinski definition) is 1. The van der Waals surface area contributed by atoms with Crippen LogP contribution in [0, 0.1) is 5.92 Å². The Kier molecular flexibility index (Phi) is 4.50. The number of hydrogen-bond donors (Lipinski definition) is 0. The lowest BCUT2D eigenvalue weighted by Gasteiger charge is -2.38. The summed E-state index contributed by atoms with van der Waals surface area (Å²) < 4.78 is 0. The van der Waals surface area contributed by atoms with E-state index in [9.17, 15) is 4.79 Å². The molecule has 2 nitrogen and oxygen atoms in total. The third-order valence-corrected chi connectivity index (χ3v) is 3.30. The van der Waals surface area contributed by atoms with Gasteiger partial charge in [0.25, 0.3) is 0 Å². The molecular weight excluding hydrogens is 173 g/mol. The van der Waals surface area contributed by atoms with Crippen LogP contribution < -0.4 is 0 Å². The molecule has 0 spiro atoms. The first-order chi connectivity index (χ1) is 6.70. The van der Waals surface area contributed by atoms with Crippen molar-refractivity contribution in [3.05, 3.63) is 0 Å². The number of carbonyl (C=O) groups is 1. The van der Waals surface area contributed by atoms with Crippen molar-refractivity contribution in [3.63, 3.8) is 0 Å². The lowest BCUT2D eigenvalue weighted by atomic mass is 9.84. The van der Waals surface area contributed by atoms with Gasteiger partial charge in [-0.25, -0.2) is 0 Å². The molecule has 0 bridgehead atoms. The number of carbonyl (C=O) groups excluding carboxylic acids is 1. The van der Waals surface area contributed by atoms with Gasteiger partial charge in [-0.2, -0.15) is 0 Å². The molecule has 0 aliphatic heterocycles. The minimum atomic E-state index is 0.103. The molecular formula is C11H20BNO. The lowest BCUT2D eigenvalue weighted by molar-refractivity contribution is -0.132. The minimum Gasteiger partial charge on any atom is -0.340 e. The minimum absolute atomic E-state index is 0.103. The summed E-state index contributed by atoms with van der Waals surface area (Å²) in [5.41, 5.74) is 0. The quantitative estimate of drug-likeness (QED) is 0.627. The summed E-state index contributed by atoms with van der Waals surface area (Å²) in [6.07, 6.45) is 5.12. The van der Waals surface area contributed by atoms with Gasteiger partial charge in [0.1, 0.15) is 0 Å². The molecule has 1 rings (SSSR count). The standard InChI is InChI=1S/C11H20BNO/c1-3-13(11(14)8-12)10-7-5-4-6-9(10)2/h9-10H,3-8H2,1-2H3. The fraction of sp³-hybridized carbons (Fsp3) is 0.909. The summed E-state index contributed by atoms with van der Waals surface area (Å²) in [7, 11) is 5.41. The van der Waals surface area contributed by atoms with Crippen LogP contribution in [0.3, 0.4) is 0 Å². The molecule has 2 radical (unpaired) electrons. The van der Waals surface area contributed by atoms with E-state index < -0.39 is 0 Å². The van der Waals surface area contributed by atoms with Gasteiger partial charge >= 0.3 is 0 Å². The Labute approximate surface area is 88.5 Å². The SMILES string of the molecule is [B]CC(=O)N(CC)C1CCCCC1C. The highest BCUT2D eigenvalue weighted by Gasteiger charge is 2.28. The van der Waals surface area contributed by atoms with Crippen LogP contribution in [0.1, 0.15) is 39.5 Å². The van der Waals surface area contributed by atoms with Gasteiger partial charge in [0, 0.05) is 12.6 Å². The smallest absolute Gasteiger partial charge is 0.214 e. The van der Waals surface area contributed by atoms with Crippen molar-refractivity contribution in [2.24, 2.45) is 5.92 Å². The van der Waals surface area contributed by atoms with Crippen molar-refractivity contribution in [2.75, 3.05) is 6.54 Å². The van der Waals surface area contributed by atoms with Gasteiger partial charge < -0.3 is 4.90 Å². The van der Waals surface area contributed by atoms with E-state index in [4.69, 9.17) is 7.85 Å². The van der Waals surface area contributed by atoms with Gasteiger partial charge in [-0.1, -0.05) is 19.8 Å². The molecule has 1 saturated carbocycles. The molecule has 78 valence electrons. The zero-order valence-electron chi connectivity index (χ0n) is 9.33. The molecule has 0 saturated heterocycles. The van der Waals surface area contributed by atoms with Crippen molar-refractivity contribution in [3.8, 4) is 0 Å². The first-order valence-electron chi connectivity index (χ1n) is 5.70. The van der Waals surface area contributed by atoms with Crippen LogP contribution in [-0.4, -0.2) is 31.2 Å². The van der Waals surface area contributed by atoms with Crippen LogP contribution in [0.5, 0.6) is 0 Å². The molecule has 1 fully saturated rings. The second-order valence-electron chi connectivity index (χ2n) is 4.21.